The van der Waals surface area contributed by atoms with Crippen LogP contribution in [0.3, 0.4) is 0 Å². The Balaban J connectivity index is 0.00000288. The van der Waals surface area contributed by atoms with Gasteiger partial charge in [0.25, 0.3) is 0 Å². The quantitative estimate of drug-likeness (QED) is 0.731. The molecule has 6 heteroatoms. The number of nitrogens with one attached hydrogen (secondary N) is 2. The number of carbonyl (C=O) groups excluding carboxylic acids is 2. The van der Waals surface area contributed by atoms with Crippen LogP contribution in [-0.2, 0) is 9.59 Å². The highest BCUT2D eigenvalue weighted by atomic mass is 35.5. The standard InChI is InChI=1S/C18H27N3O2.ClH/c1-12(2)10-17(22)20-14-6-8-15(9-7-14)21-18(23)11-13-4-3-5-16(13)19;/h6-9,12-13,16H,3-5,10-11,19H2,1-2H3,(H,20,22)(H,21,23);1H/t13-,16+;/m0./s1. The van der Waals surface area contributed by atoms with Crippen molar-refractivity contribution in [1.29, 1.82) is 0 Å². The zero-order chi connectivity index (χ0) is 16.8. The van der Waals surface area contributed by atoms with E-state index in [1.165, 1.54) is 0 Å². The van der Waals surface area contributed by atoms with Crippen molar-refractivity contribution >= 4 is 35.6 Å². The number of amides is 2. The molecule has 4 N–H and O–H groups in total. The number of rotatable bonds is 6. The van der Waals surface area contributed by atoms with Crippen LogP contribution >= 0.6 is 12.4 Å². The van der Waals surface area contributed by atoms with E-state index >= 15 is 0 Å². The molecule has 0 aromatic heterocycles. The second-order valence-corrected chi connectivity index (χ2v) is 6.83. The summed E-state index contributed by atoms with van der Waals surface area (Å²) in [6.07, 6.45) is 4.15. The van der Waals surface area contributed by atoms with E-state index in [9.17, 15) is 9.59 Å². The highest BCUT2D eigenvalue weighted by Gasteiger charge is 2.25. The zero-order valence-electron chi connectivity index (χ0n) is 14.4. The van der Waals surface area contributed by atoms with E-state index in [0.717, 1.165) is 30.6 Å². The molecule has 0 unspecified atom stereocenters. The fourth-order valence-electron chi connectivity index (χ4n) is 2.99. The Kier molecular flexibility index (Phi) is 8.22. The number of nitrogens with two attached hydrogens (primary N) is 1. The number of hydrogen-bond acceptors (Lipinski definition) is 3. The van der Waals surface area contributed by atoms with Gasteiger partial charge in [0.1, 0.15) is 0 Å². The van der Waals surface area contributed by atoms with Gasteiger partial charge in [0.2, 0.25) is 11.8 Å². The normalized spacial score (nSPS) is 19.7. The molecule has 134 valence electrons. The molecule has 2 atom stereocenters. The van der Waals surface area contributed by atoms with E-state index in [4.69, 9.17) is 5.73 Å². The SMILES string of the molecule is CC(C)CC(=O)Nc1ccc(NC(=O)C[C@@H]2CCC[C@H]2N)cc1.Cl. The number of anilines is 2. The summed E-state index contributed by atoms with van der Waals surface area (Å²) in [6, 6.07) is 7.36. The molecule has 2 rings (SSSR count). The van der Waals surface area contributed by atoms with Crippen LogP contribution in [0.4, 0.5) is 11.4 Å². The van der Waals surface area contributed by atoms with Gasteiger partial charge in [0.15, 0.2) is 0 Å². The summed E-state index contributed by atoms with van der Waals surface area (Å²) in [7, 11) is 0. The van der Waals surface area contributed by atoms with Gasteiger partial charge in [-0.15, -0.1) is 12.4 Å². The highest BCUT2D eigenvalue weighted by Crippen LogP contribution is 2.27. The smallest absolute Gasteiger partial charge is 0.224 e. The average molecular weight is 354 g/mol. The molecular weight excluding hydrogens is 326 g/mol. The van der Waals surface area contributed by atoms with Crippen molar-refractivity contribution in [3.8, 4) is 0 Å². The van der Waals surface area contributed by atoms with Crippen LogP contribution in [0.15, 0.2) is 24.3 Å². The van der Waals surface area contributed by atoms with Crippen LogP contribution in [0.1, 0.15) is 46.0 Å². The van der Waals surface area contributed by atoms with E-state index < -0.39 is 0 Å². The number of carbonyl (C=O) groups is 2. The monoisotopic (exact) mass is 353 g/mol. The fraction of sp³-hybridized carbons (Fsp3) is 0.556. The van der Waals surface area contributed by atoms with Gasteiger partial charge in [-0.3, -0.25) is 9.59 Å². The molecule has 24 heavy (non-hydrogen) atoms. The van der Waals surface area contributed by atoms with Gasteiger partial charge < -0.3 is 16.4 Å². The van der Waals surface area contributed by atoms with Crippen molar-refractivity contribution in [1.82, 2.24) is 0 Å². The maximum Gasteiger partial charge on any atom is 0.224 e. The molecule has 0 aliphatic heterocycles. The van der Waals surface area contributed by atoms with Crippen LogP contribution in [0.5, 0.6) is 0 Å². The Labute approximate surface area is 150 Å². The van der Waals surface area contributed by atoms with Crippen LogP contribution in [-0.4, -0.2) is 17.9 Å². The number of hydrogen-bond donors (Lipinski definition) is 3. The minimum absolute atomic E-state index is 0. The maximum atomic E-state index is 12.1. The van der Waals surface area contributed by atoms with Crippen LogP contribution in [0.2, 0.25) is 0 Å². The summed E-state index contributed by atoms with van der Waals surface area (Å²) in [6.45, 7) is 4.02. The molecule has 2 amide bonds. The molecule has 0 spiro atoms. The largest absolute Gasteiger partial charge is 0.327 e. The third kappa shape index (κ3) is 6.49. The molecule has 0 radical (unpaired) electrons. The number of halogens is 1. The molecule has 1 fully saturated rings. The van der Waals surface area contributed by atoms with Gasteiger partial charge in [-0.05, 0) is 48.9 Å². The number of benzene rings is 1. The van der Waals surface area contributed by atoms with E-state index in [1.807, 2.05) is 13.8 Å². The lowest BCUT2D eigenvalue weighted by Crippen LogP contribution is -2.28. The van der Waals surface area contributed by atoms with E-state index in [1.54, 1.807) is 24.3 Å². The van der Waals surface area contributed by atoms with E-state index in [0.29, 0.717) is 24.7 Å². The van der Waals surface area contributed by atoms with Gasteiger partial charge in [-0.1, -0.05) is 20.3 Å². The molecule has 1 aliphatic carbocycles. The first kappa shape index (κ1) is 20.5. The Morgan fingerprint density at radius 2 is 1.62 bits per heavy atom. The molecular formula is C18H28ClN3O2. The van der Waals surface area contributed by atoms with Gasteiger partial charge in [0, 0.05) is 30.3 Å². The molecule has 1 aliphatic rings. The summed E-state index contributed by atoms with van der Waals surface area (Å²) in [5, 5.41) is 5.75. The first-order valence-electron chi connectivity index (χ1n) is 8.39. The van der Waals surface area contributed by atoms with Gasteiger partial charge >= 0.3 is 0 Å². The topological polar surface area (TPSA) is 84.2 Å². The predicted molar refractivity (Wildman–Crippen MR) is 100 cm³/mol. The Morgan fingerprint density at radius 3 is 2.08 bits per heavy atom. The third-order valence-corrected chi connectivity index (χ3v) is 4.21. The summed E-state index contributed by atoms with van der Waals surface area (Å²) < 4.78 is 0. The summed E-state index contributed by atoms with van der Waals surface area (Å²) >= 11 is 0. The minimum atomic E-state index is 0. The first-order chi connectivity index (χ1) is 10.9. The van der Waals surface area contributed by atoms with Crippen molar-refractivity contribution in [3.05, 3.63) is 24.3 Å². The van der Waals surface area contributed by atoms with Crippen LogP contribution in [0.25, 0.3) is 0 Å². The molecule has 1 aromatic carbocycles. The molecule has 0 heterocycles. The molecule has 1 saturated carbocycles. The molecule has 0 bridgehead atoms. The molecule has 5 nitrogen and oxygen atoms in total. The molecule has 1 aromatic rings. The third-order valence-electron chi connectivity index (χ3n) is 4.21. The van der Waals surface area contributed by atoms with Crippen LogP contribution < -0.4 is 16.4 Å². The Hall–Kier alpha value is -1.59. The Bertz CT molecular complexity index is 546. The lowest BCUT2D eigenvalue weighted by atomic mass is 10.00. The maximum absolute atomic E-state index is 12.1. The second-order valence-electron chi connectivity index (χ2n) is 6.83. The highest BCUT2D eigenvalue weighted by molar-refractivity contribution is 5.93. The van der Waals surface area contributed by atoms with Gasteiger partial charge in [-0.25, -0.2) is 0 Å². The molecule has 0 saturated heterocycles. The van der Waals surface area contributed by atoms with Crippen molar-refractivity contribution in [2.45, 2.75) is 52.0 Å². The average Bonchev–Trinajstić information content (AvgIpc) is 2.85. The van der Waals surface area contributed by atoms with Crippen molar-refractivity contribution in [2.75, 3.05) is 10.6 Å². The van der Waals surface area contributed by atoms with E-state index in [-0.39, 0.29) is 30.3 Å². The minimum Gasteiger partial charge on any atom is -0.327 e. The van der Waals surface area contributed by atoms with Crippen molar-refractivity contribution in [3.63, 3.8) is 0 Å². The Morgan fingerprint density at radius 1 is 1.08 bits per heavy atom. The van der Waals surface area contributed by atoms with Gasteiger partial charge in [-0.2, -0.15) is 0 Å². The first-order valence-corrected chi connectivity index (χ1v) is 8.39. The fourth-order valence-corrected chi connectivity index (χ4v) is 2.99. The summed E-state index contributed by atoms with van der Waals surface area (Å²) in [4.78, 5) is 23.8. The predicted octanol–water partition coefficient (Wildman–Crippen LogP) is 3.55. The summed E-state index contributed by atoms with van der Waals surface area (Å²) in [5.41, 5.74) is 7.48. The van der Waals surface area contributed by atoms with Crippen LogP contribution in [0, 0.1) is 11.8 Å². The zero-order valence-corrected chi connectivity index (χ0v) is 15.2. The second kappa shape index (κ2) is 9.64. The lowest BCUT2D eigenvalue weighted by Gasteiger charge is -2.15. The van der Waals surface area contributed by atoms with Crippen molar-refractivity contribution < 1.29 is 9.59 Å². The van der Waals surface area contributed by atoms with Crippen molar-refractivity contribution in [2.24, 2.45) is 17.6 Å². The lowest BCUT2D eigenvalue weighted by molar-refractivity contribution is -0.117. The van der Waals surface area contributed by atoms with Gasteiger partial charge in [0.05, 0.1) is 0 Å². The summed E-state index contributed by atoms with van der Waals surface area (Å²) in [5.74, 6) is 0.635. The van der Waals surface area contributed by atoms with E-state index in [2.05, 4.69) is 10.6 Å².